The summed E-state index contributed by atoms with van der Waals surface area (Å²) in [4.78, 5) is 91.7. The van der Waals surface area contributed by atoms with E-state index in [1.807, 2.05) is 104 Å². The van der Waals surface area contributed by atoms with Crippen molar-refractivity contribution in [2.45, 2.75) is 169 Å². The van der Waals surface area contributed by atoms with Crippen molar-refractivity contribution in [2.24, 2.45) is 29.6 Å². The lowest BCUT2D eigenvalue weighted by atomic mass is 9.96. The Morgan fingerprint density at radius 1 is 0.789 bits per heavy atom. The summed E-state index contributed by atoms with van der Waals surface area (Å²) in [6, 6.07) is 3.26. The number of aliphatic hydroxyl groups is 1. The maximum Gasteiger partial charge on any atom is 0.323 e. The molecule has 1 saturated heterocycles. The molecule has 4 N–H and O–H groups in total. The van der Waals surface area contributed by atoms with Gasteiger partial charge in [0.05, 0.1) is 25.0 Å². The summed E-state index contributed by atoms with van der Waals surface area (Å²) in [5.74, 6) is -3.21. The van der Waals surface area contributed by atoms with Crippen LogP contribution < -0.4 is 16.0 Å². The normalized spacial score (nSPS) is 26.3. The highest BCUT2D eigenvalue weighted by Gasteiger charge is 2.41. The number of esters is 1. The first-order valence-corrected chi connectivity index (χ1v) is 25.4. The molecule has 2 aliphatic rings. The van der Waals surface area contributed by atoms with Crippen molar-refractivity contribution in [1.29, 1.82) is 5.26 Å². The lowest BCUT2D eigenvalue weighted by Gasteiger charge is -2.37. The molecule has 2 heterocycles. The summed E-state index contributed by atoms with van der Waals surface area (Å²) in [5.41, 5.74) is 1.74. The minimum absolute atomic E-state index is 0.0544. The topological polar surface area (TPSA) is 216 Å². The Kier molecular flexibility index (Phi) is 21.7. The monoisotopic (exact) mass is 987 g/mol. The number of carbonyl (C=O) groups excluding carboxylic acids is 6. The minimum atomic E-state index is -1.47. The zero-order valence-electron chi connectivity index (χ0n) is 44.4. The number of fused-ring (bicyclic) bond motifs is 1. The number of likely N-dealkylation sites (N-methyl/N-ethyl adjacent to an activating group) is 3. The fourth-order valence-corrected chi connectivity index (χ4v) is 9.50. The van der Waals surface area contributed by atoms with Crippen LogP contribution in [-0.4, -0.2) is 137 Å². The Hall–Kier alpha value is -5.73. The Balaban J connectivity index is 1.90. The molecule has 3 unspecified atom stereocenters. The Morgan fingerprint density at radius 2 is 1.35 bits per heavy atom. The van der Waals surface area contributed by atoms with Crippen LogP contribution in [0, 0.1) is 40.9 Å². The number of cyclic esters (lactones) is 1. The molecule has 0 saturated carbocycles. The number of nitrogens with one attached hydrogen (secondary N) is 3. The number of aromatic nitrogens is 1. The third-order valence-corrected chi connectivity index (χ3v) is 13.5. The first-order valence-electron chi connectivity index (χ1n) is 25.4. The zero-order chi connectivity index (χ0) is 52.9. The van der Waals surface area contributed by atoms with Gasteiger partial charge in [0.25, 0.3) is 5.91 Å². The molecule has 71 heavy (non-hydrogen) atoms. The van der Waals surface area contributed by atoms with Gasteiger partial charge in [-0.25, -0.2) is 0 Å². The number of hydrogen-bond acceptors (Lipinski definition) is 11. The number of ether oxygens (including phenoxy) is 2. The Morgan fingerprint density at radius 3 is 1.93 bits per heavy atom. The number of aliphatic hydroxyl groups excluding tert-OH is 1. The van der Waals surface area contributed by atoms with Gasteiger partial charge in [0, 0.05) is 69.3 Å². The number of hydrogen-bond donors (Lipinski definition) is 4. The number of nitriles is 1. The molecule has 0 radical (unpaired) electrons. The molecule has 1 aliphatic carbocycles. The van der Waals surface area contributed by atoms with E-state index in [4.69, 9.17) is 9.47 Å². The fourth-order valence-electron chi connectivity index (χ4n) is 9.50. The van der Waals surface area contributed by atoms with Crippen molar-refractivity contribution in [3.05, 3.63) is 60.0 Å². The minimum Gasteiger partial charge on any atom is -0.501 e. The van der Waals surface area contributed by atoms with Crippen LogP contribution in [0.3, 0.4) is 0 Å². The highest BCUT2D eigenvalue weighted by molar-refractivity contribution is 5.96. The molecule has 1 aliphatic heterocycles. The molecule has 4 rings (SSSR count). The lowest BCUT2D eigenvalue weighted by molar-refractivity contribution is -0.165. The van der Waals surface area contributed by atoms with Gasteiger partial charge in [-0.15, -0.1) is 0 Å². The second-order valence-electron chi connectivity index (χ2n) is 21.3. The molecule has 392 valence electrons. The quantitative estimate of drug-likeness (QED) is 0.165. The van der Waals surface area contributed by atoms with Crippen LogP contribution in [0.2, 0.25) is 0 Å². The van der Waals surface area contributed by atoms with Gasteiger partial charge in [-0.1, -0.05) is 85.7 Å². The second kappa shape index (κ2) is 26.6. The van der Waals surface area contributed by atoms with Gasteiger partial charge in [-0.3, -0.25) is 33.7 Å². The summed E-state index contributed by atoms with van der Waals surface area (Å²) >= 11 is 0. The number of nitrogens with zero attached hydrogens (tertiary/aromatic N) is 5. The van der Waals surface area contributed by atoms with Crippen molar-refractivity contribution in [3.8, 4) is 6.07 Å². The Bertz CT molecular complexity index is 2260. The number of para-hydroxylation sites is 1. The third-order valence-electron chi connectivity index (χ3n) is 13.5. The van der Waals surface area contributed by atoms with E-state index in [2.05, 4.69) is 26.6 Å². The van der Waals surface area contributed by atoms with E-state index in [0.717, 1.165) is 22.2 Å². The van der Waals surface area contributed by atoms with Crippen molar-refractivity contribution in [2.75, 3.05) is 28.3 Å². The largest absolute Gasteiger partial charge is 0.501 e. The summed E-state index contributed by atoms with van der Waals surface area (Å²) in [6.45, 7) is 17.5. The predicted molar refractivity (Wildman–Crippen MR) is 273 cm³/mol. The van der Waals surface area contributed by atoms with Crippen LogP contribution in [0.4, 0.5) is 0 Å². The molecule has 17 heteroatoms. The molecular weight excluding hydrogens is 905 g/mol. The van der Waals surface area contributed by atoms with Crippen LogP contribution in [0.15, 0.2) is 54.4 Å². The van der Waals surface area contributed by atoms with E-state index in [1.165, 1.54) is 35.7 Å². The third kappa shape index (κ3) is 15.9. The number of carbonyl (C=O) groups is 6. The fraction of sp³-hybridized carbons (Fsp3) is 0.648. The SMILES string of the molecule is COC1=CC=CC(Cn2cc(C[C@H]3C(=O)N[C@@H](CC(C)C)C(O)N(C)[C@@H](C)C(=O)O[C@H](CCC#N)C(=O)NC(CC(C)C)C(=O)N(C)[C@@H](CC(C)C)C(=O)N[C@@H](CC(C)C)C(=O)N3C)c3ccccc32)C1. The number of rotatable bonds is 15. The van der Waals surface area contributed by atoms with Crippen LogP contribution >= 0.6 is 0 Å². The summed E-state index contributed by atoms with van der Waals surface area (Å²) in [5, 5.41) is 31.4. The number of allylic oxidation sites excluding steroid dienone is 4. The molecule has 0 bridgehead atoms. The number of benzene rings is 1. The first-order chi connectivity index (χ1) is 33.5. The van der Waals surface area contributed by atoms with Gasteiger partial charge < -0.3 is 44.9 Å². The standard InChI is InChI=1S/C54H82N8O9/c1-32(2)24-41-51(66)59(10)36(9)54(69)71-47(22-17-23-55)50(65)58-43(26-34(5)6)53(68)60(11)45(27-35(7)8)48(63)57-42(25-33(3)4)52(67)61(12)46(49(64)56-41)29-38-31-62(44-21-15-14-20-40(38)44)30-37-18-16-19-39(28-37)70-13/h14-16,18-21,31-37,41-43,45-47,51,66H,17,22,24-30H2,1-13H3,(H,56,64)(H,57,63)(H,58,65)/t36-,37?,41-,42-,43?,45-,46-,47+,51?/m0/s1. The Labute approximate surface area is 421 Å². The molecule has 0 spiro atoms. The molecule has 1 fully saturated rings. The highest BCUT2D eigenvalue weighted by atomic mass is 16.6. The maximum atomic E-state index is 15.2. The van der Waals surface area contributed by atoms with Crippen molar-refractivity contribution in [1.82, 2.24) is 35.2 Å². The van der Waals surface area contributed by atoms with E-state index >= 15 is 9.59 Å². The molecule has 2 aromatic rings. The van der Waals surface area contributed by atoms with Gasteiger partial charge in [0.2, 0.25) is 23.6 Å². The highest BCUT2D eigenvalue weighted by Crippen LogP contribution is 2.29. The first kappa shape index (κ1) is 57.8. The van der Waals surface area contributed by atoms with E-state index in [0.29, 0.717) is 13.0 Å². The predicted octanol–water partition coefficient (Wildman–Crippen LogP) is 5.45. The summed E-state index contributed by atoms with van der Waals surface area (Å²) in [6.07, 6.45) is 6.50. The second-order valence-corrected chi connectivity index (χ2v) is 21.3. The van der Waals surface area contributed by atoms with Crippen LogP contribution in [0.1, 0.15) is 113 Å². The molecule has 1 aromatic carbocycles. The average Bonchev–Trinajstić information content (AvgIpc) is 3.66. The van der Waals surface area contributed by atoms with Gasteiger partial charge in [0.1, 0.15) is 36.4 Å². The lowest BCUT2D eigenvalue weighted by Crippen LogP contribution is -2.61. The van der Waals surface area contributed by atoms with Crippen LogP contribution in [-0.2, 0) is 51.2 Å². The molecule has 5 amide bonds. The van der Waals surface area contributed by atoms with Crippen molar-refractivity contribution >= 4 is 46.4 Å². The smallest absolute Gasteiger partial charge is 0.323 e. The van der Waals surface area contributed by atoms with Gasteiger partial charge in [0.15, 0.2) is 6.10 Å². The summed E-state index contributed by atoms with van der Waals surface area (Å²) in [7, 11) is 6.21. The molecular formula is C54H82N8O9. The van der Waals surface area contributed by atoms with Crippen molar-refractivity contribution in [3.63, 3.8) is 0 Å². The van der Waals surface area contributed by atoms with Gasteiger partial charge >= 0.3 is 5.97 Å². The average molecular weight is 987 g/mol. The van der Waals surface area contributed by atoms with Crippen LogP contribution in [0.5, 0.6) is 0 Å². The van der Waals surface area contributed by atoms with E-state index in [-0.39, 0.29) is 74.5 Å². The van der Waals surface area contributed by atoms with Gasteiger partial charge in [-0.05, 0) is 81.0 Å². The van der Waals surface area contributed by atoms with E-state index in [9.17, 15) is 29.5 Å². The number of amides is 5. The molecule has 1 aromatic heterocycles. The van der Waals surface area contributed by atoms with Crippen LogP contribution in [0.25, 0.3) is 10.9 Å². The van der Waals surface area contributed by atoms with Gasteiger partial charge in [-0.2, -0.15) is 5.26 Å². The molecule has 9 atom stereocenters. The van der Waals surface area contributed by atoms with E-state index < -0.39 is 84.1 Å². The maximum absolute atomic E-state index is 15.2. The summed E-state index contributed by atoms with van der Waals surface area (Å²) < 4.78 is 13.5. The number of methoxy groups -OCH3 is 1. The molecule has 17 nitrogen and oxygen atoms in total. The van der Waals surface area contributed by atoms with E-state index in [1.54, 1.807) is 14.2 Å². The zero-order valence-corrected chi connectivity index (χ0v) is 44.4. The van der Waals surface area contributed by atoms with Crippen molar-refractivity contribution < 1.29 is 43.3 Å².